The molecule has 1 N–H and O–H groups in total. The molecule has 0 unspecified atom stereocenters. The lowest BCUT2D eigenvalue weighted by atomic mass is 10.2. The third-order valence-electron chi connectivity index (χ3n) is 5.33. The highest BCUT2D eigenvalue weighted by Gasteiger charge is 2.24. The summed E-state index contributed by atoms with van der Waals surface area (Å²) in [6.45, 7) is 8.94. The van der Waals surface area contributed by atoms with Gasteiger partial charge in [-0.05, 0) is 68.0 Å². The van der Waals surface area contributed by atoms with Crippen LogP contribution in [0.4, 0.5) is 10.5 Å². The summed E-state index contributed by atoms with van der Waals surface area (Å²) in [5, 5.41) is 4.98. The molecule has 5 nitrogen and oxygen atoms in total. The fraction of sp³-hybridized carbons (Fsp3) is 0.308. The van der Waals surface area contributed by atoms with Crippen molar-refractivity contribution in [3.05, 3.63) is 87.6 Å². The van der Waals surface area contributed by atoms with Crippen LogP contribution in [0.2, 0.25) is 0 Å². The van der Waals surface area contributed by atoms with Crippen LogP contribution in [0.3, 0.4) is 0 Å². The van der Waals surface area contributed by atoms with Gasteiger partial charge in [0, 0.05) is 23.2 Å². The van der Waals surface area contributed by atoms with Crippen molar-refractivity contribution in [1.82, 2.24) is 9.80 Å². The zero-order chi connectivity index (χ0) is 23.1. The normalized spacial score (nSPS) is 10.8. The molecule has 0 aliphatic heterocycles. The number of carbonyl (C=O) groups excluding carboxylic acids is 2. The van der Waals surface area contributed by atoms with Gasteiger partial charge in [-0.2, -0.15) is 0 Å². The van der Waals surface area contributed by atoms with Crippen LogP contribution in [-0.2, 0) is 17.9 Å². The van der Waals surface area contributed by atoms with E-state index < -0.39 is 0 Å². The Morgan fingerprint density at radius 1 is 0.969 bits per heavy atom. The summed E-state index contributed by atoms with van der Waals surface area (Å²) in [7, 11) is 0. The SMILES string of the molecule is Cc1cccc(NC(=O)N(CC(=O)N(Cc2ccccc2)Cc2sccc2C)C(C)C)c1. The Morgan fingerprint density at radius 2 is 1.72 bits per heavy atom. The van der Waals surface area contributed by atoms with Crippen LogP contribution in [0.1, 0.15) is 35.4 Å². The minimum absolute atomic E-state index is 0.0204. The highest BCUT2D eigenvalue weighted by atomic mass is 32.1. The maximum absolute atomic E-state index is 13.4. The van der Waals surface area contributed by atoms with E-state index in [0.717, 1.165) is 21.7 Å². The van der Waals surface area contributed by atoms with Gasteiger partial charge in [-0.25, -0.2) is 4.79 Å². The number of nitrogens with zero attached hydrogens (tertiary/aromatic N) is 2. The third-order valence-corrected chi connectivity index (χ3v) is 6.34. The summed E-state index contributed by atoms with van der Waals surface area (Å²) in [6.07, 6.45) is 0. The minimum Gasteiger partial charge on any atom is -0.332 e. The van der Waals surface area contributed by atoms with Crippen molar-refractivity contribution >= 4 is 29.0 Å². The van der Waals surface area contributed by atoms with E-state index in [1.165, 1.54) is 5.56 Å². The van der Waals surface area contributed by atoms with Gasteiger partial charge >= 0.3 is 6.03 Å². The quantitative estimate of drug-likeness (QED) is 0.470. The second-order valence-corrected chi connectivity index (χ2v) is 9.28. The van der Waals surface area contributed by atoms with Gasteiger partial charge < -0.3 is 15.1 Å². The first-order chi connectivity index (χ1) is 15.3. The van der Waals surface area contributed by atoms with E-state index in [-0.39, 0.29) is 24.5 Å². The van der Waals surface area contributed by atoms with Crippen LogP contribution < -0.4 is 5.32 Å². The van der Waals surface area contributed by atoms with E-state index in [2.05, 4.69) is 18.3 Å². The molecule has 0 spiro atoms. The molecule has 32 heavy (non-hydrogen) atoms. The summed E-state index contributed by atoms with van der Waals surface area (Å²) in [6, 6.07) is 19.3. The van der Waals surface area contributed by atoms with Gasteiger partial charge in [0.1, 0.15) is 6.54 Å². The molecule has 1 heterocycles. The molecule has 3 amide bonds. The first-order valence-electron chi connectivity index (χ1n) is 10.8. The maximum Gasteiger partial charge on any atom is 0.322 e. The van der Waals surface area contributed by atoms with E-state index in [1.54, 1.807) is 16.2 Å². The van der Waals surface area contributed by atoms with Gasteiger partial charge in [-0.3, -0.25) is 4.79 Å². The molecule has 0 atom stereocenters. The predicted octanol–water partition coefficient (Wildman–Crippen LogP) is 5.84. The number of rotatable bonds is 8. The number of amides is 3. The molecule has 0 bridgehead atoms. The number of hydrogen-bond donors (Lipinski definition) is 1. The third kappa shape index (κ3) is 6.44. The van der Waals surface area contributed by atoms with Gasteiger partial charge in [-0.15, -0.1) is 11.3 Å². The van der Waals surface area contributed by atoms with Crippen molar-refractivity contribution in [2.45, 2.75) is 46.8 Å². The van der Waals surface area contributed by atoms with Crippen LogP contribution in [0.25, 0.3) is 0 Å². The second-order valence-electron chi connectivity index (χ2n) is 8.28. The van der Waals surface area contributed by atoms with Crippen LogP contribution in [0.15, 0.2) is 66.0 Å². The topological polar surface area (TPSA) is 52.7 Å². The lowest BCUT2D eigenvalue weighted by Crippen LogP contribution is -2.47. The van der Waals surface area contributed by atoms with Crippen molar-refractivity contribution in [3.63, 3.8) is 0 Å². The van der Waals surface area contributed by atoms with Crippen LogP contribution in [0.5, 0.6) is 0 Å². The van der Waals surface area contributed by atoms with Crippen molar-refractivity contribution in [1.29, 1.82) is 0 Å². The Balaban J connectivity index is 1.76. The van der Waals surface area contributed by atoms with Crippen molar-refractivity contribution in [3.8, 4) is 0 Å². The van der Waals surface area contributed by atoms with Crippen molar-refractivity contribution in [2.24, 2.45) is 0 Å². The molecular formula is C26H31N3O2S. The molecule has 2 aromatic carbocycles. The standard InChI is InChI=1S/C26H31N3O2S/c1-19(2)29(26(31)27-23-12-8-9-20(3)15-23)18-25(30)28(16-22-10-6-5-7-11-22)17-24-21(4)13-14-32-24/h5-15,19H,16-18H2,1-4H3,(H,27,31). The summed E-state index contributed by atoms with van der Waals surface area (Å²) in [5.41, 5.74) is 4.04. The van der Waals surface area contributed by atoms with Gasteiger partial charge in [0.2, 0.25) is 5.91 Å². The molecular weight excluding hydrogens is 418 g/mol. The Kier molecular flexibility index (Phi) is 8.06. The average Bonchev–Trinajstić information content (AvgIpc) is 3.16. The van der Waals surface area contributed by atoms with Crippen LogP contribution in [-0.4, -0.2) is 34.3 Å². The summed E-state index contributed by atoms with van der Waals surface area (Å²) in [4.78, 5) is 31.0. The molecule has 0 saturated heterocycles. The predicted molar refractivity (Wildman–Crippen MR) is 132 cm³/mol. The Bertz CT molecular complexity index is 1050. The first kappa shape index (κ1) is 23.5. The van der Waals surface area contributed by atoms with Crippen LogP contribution >= 0.6 is 11.3 Å². The summed E-state index contributed by atoms with van der Waals surface area (Å²) >= 11 is 1.65. The number of urea groups is 1. The van der Waals surface area contributed by atoms with Gasteiger partial charge in [0.25, 0.3) is 0 Å². The molecule has 1 aromatic heterocycles. The zero-order valence-electron chi connectivity index (χ0n) is 19.2. The van der Waals surface area contributed by atoms with E-state index in [9.17, 15) is 9.59 Å². The number of hydrogen-bond acceptors (Lipinski definition) is 3. The lowest BCUT2D eigenvalue weighted by Gasteiger charge is -2.30. The van der Waals surface area contributed by atoms with Crippen LogP contribution in [0, 0.1) is 13.8 Å². The number of nitrogens with one attached hydrogen (secondary N) is 1. The first-order valence-corrected chi connectivity index (χ1v) is 11.7. The molecule has 168 valence electrons. The van der Waals surface area contributed by atoms with Gasteiger partial charge in [-0.1, -0.05) is 42.5 Å². The summed E-state index contributed by atoms with van der Waals surface area (Å²) < 4.78 is 0. The Hall–Kier alpha value is -3.12. The number of benzene rings is 2. The van der Waals surface area contributed by atoms with Gasteiger partial charge in [0.15, 0.2) is 0 Å². The molecule has 0 aliphatic rings. The van der Waals surface area contributed by atoms with Gasteiger partial charge in [0.05, 0.1) is 6.54 Å². The number of aryl methyl sites for hydroxylation is 2. The summed E-state index contributed by atoms with van der Waals surface area (Å²) in [5.74, 6) is -0.0743. The molecule has 0 saturated carbocycles. The highest BCUT2D eigenvalue weighted by molar-refractivity contribution is 7.10. The average molecular weight is 450 g/mol. The molecule has 3 rings (SSSR count). The molecule has 6 heteroatoms. The zero-order valence-corrected chi connectivity index (χ0v) is 20.0. The van der Waals surface area contributed by atoms with Crippen molar-refractivity contribution in [2.75, 3.05) is 11.9 Å². The fourth-order valence-electron chi connectivity index (χ4n) is 3.43. The molecule has 0 aliphatic carbocycles. The molecule has 0 fully saturated rings. The number of carbonyl (C=O) groups is 2. The van der Waals surface area contributed by atoms with Crippen molar-refractivity contribution < 1.29 is 9.59 Å². The lowest BCUT2D eigenvalue weighted by molar-refractivity contribution is -0.133. The van der Waals surface area contributed by atoms with E-state index in [1.807, 2.05) is 85.6 Å². The fourth-order valence-corrected chi connectivity index (χ4v) is 4.35. The number of thiophene rings is 1. The minimum atomic E-state index is -0.272. The maximum atomic E-state index is 13.4. The Labute approximate surface area is 194 Å². The Morgan fingerprint density at radius 3 is 2.34 bits per heavy atom. The smallest absolute Gasteiger partial charge is 0.322 e. The number of anilines is 1. The molecule has 3 aromatic rings. The molecule has 0 radical (unpaired) electrons. The van der Waals surface area contributed by atoms with E-state index in [0.29, 0.717) is 13.1 Å². The monoisotopic (exact) mass is 449 g/mol. The van der Waals surface area contributed by atoms with E-state index in [4.69, 9.17) is 0 Å². The largest absolute Gasteiger partial charge is 0.332 e. The van der Waals surface area contributed by atoms with E-state index >= 15 is 0 Å². The second kappa shape index (κ2) is 11.0. The highest BCUT2D eigenvalue weighted by Crippen LogP contribution is 2.20.